The molecule has 1 aliphatic rings. The Hall–Kier alpha value is -2.95. The smallest absolute Gasteiger partial charge is 0.338 e. The van der Waals surface area contributed by atoms with Gasteiger partial charge >= 0.3 is 5.97 Å². The minimum Gasteiger partial charge on any atom is -0.452 e. The molecule has 2 N–H and O–H groups in total. The number of sulfonamides is 1. The molecule has 1 heterocycles. The van der Waals surface area contributed by atoms with Crippen LogP contribution in [0.5, 0.6) is 0 Å². The Labute approximate surface area is 197 Å². The predicted molar refractivity (Wildman–Crippen MR) is 121 cm³/mol. The number of hydrogen-bond donors (Lipinski definition) is 2. The number of esters is 1. The molecule has 1 aliphatic heterocycles. The minimum atomic E-state index is -3.74. The number of aryl methyl sites for hydroxylation is 1. The number of halogens is 1. The summed E-state index contributed by atoms with van der Waals surface area (Å²) in [6.45, 7) is 1.86. The summed E-state index contributed by atoms with van der Waals surface area (Å²) in [5, 5.41) is 0.213. The molecule has 0 atom stereocenters. The highest BCUT2D eigenvalue weighted by atomic mass is 35.5. The largest absolute Gasteiger partial charge is 0.452 e. The zero-order chi connectivity index (χ0) is 24.0. The first kappa shape index (κ1) is 24.7. The van der Waals surface area contributed by atoms with E-state index in [1.165, 1.54) is 34.6 Å². The maximum Gasteiger partial charge on any atom is 0.338 e. The van der Waals surface area contributed by atoms with Crippen LogP contribution < -0.4 is 10.9 Å². The number of benzene rings is 2. The van der Waals surface area contributed by atoms with Crippen molar-refractivity contribution in [1.82, 2.24) is 15.2 Å². The van der Waals surface area contributed by atoms with Crippen LogP contribution in [0.25, 0.3) is 0 Å². The van der Waals surface area contributed by atoms with Crippen molar-refractivity contribution in [3.63, 3.8) is 0 Å². The van der Waals surface area contributed by atoms with E-state index in [1.54, 1.807) is 19.1 Å². The third-order valence-electron chi connectivity index (χ3n) is 5.12. The number of carbonyl (C=O) groups excluding carboxylic acids is 3. The van der Waals surface area contributed by atoms with Crippen LogP contribution >= 0.6 is 11.6 Å². The van der Waals surface area contributed by atoms with Crippen molar-refractivity contribution in [2.24, 2.45) is 0 Å². The minimum absolute atomic E-state index is 0.00378. The Morgan fingerprint density at radius 1 is 1.03 bits per heavy atom. The molecule has 33 heavy (non-hydrogen) atoms. The summed E-state index contributed by atoms with van der Waals surface area (Å²) in [6.07, 6.45) is 2.57. The van der Waals surface area contributed by atoms with Gasteiger partial charge in [0.1, 0.15) is 0 Å². The van der Waals surface area contributed by atoms with E-state index in [9.17, 15) is 22.8 Å². The fraction of sp³-hybridized carbons (Fsp3) is 0.318. The molecule has 0 aliphatic carbocycles. The van der Waals surface area contributed by atoms with Crippen molar-refractivity contribution >= 4 is 39.4 Å². The van der Waals surface area contributed by atoms with E-state index in [-0.39, 0.29) is 21.0 Å². The maximum atomic E-state index is 13.0. The first-order chi connectivity index (χ1) is 15.7. The van der Waals surface area contributed by atoms with Gasteiger partial charge in [0.15, 0.2) is 6.61 Å². The second kappa shape index (κ2) is 10.8. The Morgan fingerprint density at radius 2 is 1.73 bits per heavy atom. The molecule has 0 aromatic heterocycles. The van der Waals surface area contributed by atoms with Gasteiger partial charge in [-0.05, 0) is 49.6 Å². The predicted octanol–water partition coefficient (Wildman–Crippen LogP) is 2.44. The molecule has 9 nitrogen and oxygen atoms in total. The van der Waals surface area contributed by atoms with E-state index >= 15 is 0 Å². The number of nitrogens with zero attached hydrogens (tertiary/aromatic N) is 1. The molecular formula is C22H24ClN3O6S. The molecule has 0 bridgehead atoms. The van der Waals surface area contributed by atoms with E-state index in [0.29, 0.717) is 18.7 Å². The van der Waals surface area contributed by atoms with Crippen molar-refractivity contribution in [2.45, 2.75) is 31.1 Å². The van der Waals surface area contributed by atoms with Gasteiger partial charge in [0.05, 0.1) is 21.0 Å². The van der Waals surface area contributed by atoms with Crippen molar-refractivity contribution in [1.29, 1.82) is 0 Å². The highest BCUT2D eigenvalue weighted by Gasteiger charge is 2.28. The van der Waals surface area contributed by atoms with Crippen LogP contribution in [0, 0.1) is 6.92 Å². The summed E-state index contributed by atoms with van der Waals surface area (Å²) < 4.78 is 32.4. The molecule has 176 valence electrons. The van der Waals surface area contributed by atoms with E-state index in [2.05, 4.69) is 10.9 Å². The van der Waals surface area contributed by atoms with Crippen LogP contribution in [0.3, 0.4) is 0 Å². The number of hydrazine groups is 1. The molecule has 11 heteroatoms. The van der Waals surface area contributed by atoms with E-state index in [4.69, 9.17) is 16.3 Å². The molecule has 2 amide bonds. The van der Waals surface area contributed by atoms with Crippen LogP contribution in [0.15, 0.2) is 47.4 Å². The quantitative estimate of drug-likeness (QED) is 0.471. The number of carbonyl (C=O) groups is 3. The van der Waals surface area contributed by atoms with Crippen LogP contribution in [0.4, 0.5) is 0 Å². The van der Waals surface area contributed by atoms with Gasteiger partial charge in [-0.3, -0.25) is 20.4 Å². The lowest BCUT2D eigenvalue weighted by molar-refractivity contribution is -0.125. The summed E-state index contributed by atoms with van der Waals surface area (Å²) in [4.78, 5) is 36.4. The molecule has 0 saturated carbocycles. The first-order valence-corrected chi connectivity index (χ1v) is 12.1. The van der Waals surface area contributed by atoms with Crippen LogP contribution in [0.1, 0.15) is 45.5 Å². The average Bonchev–Trinajstić information content (AvgIpc) is 2.82. The van der Waals surface area contributed by atoms with Gasteiger partial charge in [-0.1, -0.05) is 36.2 Å². The monoisotopic (exact) mass is 493 g/mol. The lowest BCUT2D eigenvalue weighted by atomic mass is 10.1. The number of hydrogen-bond acceptors (Lipinski definition) is 6. The molecule has 0 unspecified atom stereocenters. The highest BCUT2D eigenvalue weighted by molar-refractivity contribution is 7.89. The molecule has 1 saturated heterocycles. The van der Waals surface area contributed by atoms with Gasteiger partial charge in [0.2, 0.25) is 10.0 Å². The van der Waals surface area contributed by atoms with Crippen LogP contribution in [-0.2, 0) is 19.6 Å². The molecule has 2 aromatic carbocycles. The molecule has 0 spiro atoms. The van der Waals surface area contributed by atoms with Crippen molar-refractivity contribution in [2.75, 3.05) is 19.7 Å². The molecular weight excluding hydrogens is 470 g/mol. The Balaban J connectivity index is 1.59. The zero-order valence-corrected chi connectivity index (χ0v) is 19.5. The molecule has 1 fully saturated rings. The van der Waals surface area contributed by atoms with Crippen molar-refractivity contribution in [3.05, 3.63) is 64.2 Å². The van der Waals surface area contributed by atoms with Gasteiger partial charge in [0.25, 0.3) is 11.8 Å². The van der Waals surface area contributed by atoms with Gasteiger partial charge in [-0.2, -0.15) is 4.31 Å². The Morgan fingerprint density at radius 3 is 2.42 bits per heavy atom. The van der Waals surface area contributed by atoms with Gasteiger partial charge in [0, 0.05) is 13.1 Å². The van der Waals surface area contributed by atoms with E-state index in [0.717, 1.165) is 19.3 Å². The lowest BCUT2D eigenvalue weighted by Gasteiger charge is -2.26. The number of nitrogens with one attached hydrogen (secondary N) is 2. The van der Waals surface area contributed by atoms with Gasteiger partial charge < -0.3 is 4.74 Å². The standard InChI is InChI=1S/C22H24ClN3O6S/c1-15-9-10-16(13-19(15)33(30,31)26-11-5-2-6-12-26)22(29)32-14-20(27)24-25-21(28)17-7-3-4-8-18(17)23/h3-4,7-10,13H,2,5-6,11-12,14H2,1H3,(H,24,27)(H,25,28). The van der Waals surface area contributed by atoms with Crippen LogP contribution in [-0.4, -0.2) is 50.2 Å². The van der Waals surface area contributed by atoms with Gasteiger partial charge in [-0.25, -0.2) is 13.2 Å². The highest BCUT2D eigenvalue weighted by Crippen LogP contribution is 2.24. The van der Waals surface area contributed by atoms with E-state index < -0.39 is 34.4 Å². The van der Waals surface area contributed by atoms with E-state index in [1.807, 2.05) is 0 Å². The Kier molecular flexibility index (Phi) is 8.06. The van der Waals surface area contributed by atoms with Crippen molar-refractivity contribution < 1.29 is 27.5 Å². The molecule has 2 aromatic rings. The maximum absolute atomic E-state index is 13.0. The van der Waals surface area contributed by atoms with Crippen molar-refractivity contribution in [3.8, 4) is 0 Å². The number of amides is 2. The Bertz CT molecular complexity index is 1160. The molecule has 0 radical (unpaired) electrons. The third-order valence-corrected chi connectivity index (χ3v) is 7.50. The normalized spacial score (nSPS) is 14.4. The summed E-state index contributed by atoms with van der Waals surface area (Å²) in [7, 11) is -3.74. The summed E-state index contributed by atoms with van der Waals surface area (Å²) in [5.41, 5.74) is 4.98. The van der Waals surface area contributed by atoms with Crippen LogP contribution in [0.2, 0.25) is 5.02 Å². The lowest BCUT2D eigenvalue weighted by Crippen LogP contribution is -2.43. The SMILES string of the molecule is Cc1ccc(C(=O)OCC(=O)NNC(=O)c2ccccc2Cl)cc1S(=O)(=O)N1CCCCC1. The number of rotatable bonds is 6. The molecule has 3 rings (SSSR count). The second-order valence-corrected chi connectivity index (χ2v) is 9.82. The average molecular weight is 494 g/mol. The fourth-order valence-corrected chi connectivity index (χ4v) is 5.33. The summed E-state index contributed by atoms with van der Waals surface area (Å²) in [5.74, 6) is -2.28. The summed E-state index contributed by atoms with van der Waals surface area (Å²) in [6, 6.07) is 10.5. The van der Waals surface area contributed by atoms with Gasteiger partial charge in [-0.15, -0.1) is 0 Å². The topological polar surface area (TPSA) is 122 Å². The fourth-order valence-electron chi connectivity index (χ4n) is 3.34. The third kappa shape index (κ3) is 6.10. The zero-order valence-electron chi connectivity index (χ0n) is 18.0. The first-order valence-electron chi connectivity index (χ1n) is 10.3. The number of ether oxygens (including phenoxy) is 1. The summed E-state index contributed by atoms with van der Waals surface area (Å²) >= 11 is 5.92. The second-order valence-electron chi connectivity index (χ2n) is 7.50. The number of piperidine rings is 1.